The number of anilines is 1. The second-order valence-electron chi connectivity index (χ2n) is 7.72. The summed E-state index contributed by atoms with van der Waals surface area (Å²) >= 11 is 0. The van der Waals surface area contributed by atoms with Crippen LogP contribution in [0.4, 0.5) is 5.69 Å². The van der Waals surface area contributed by atoms with Gasteiger partial charge in [0.2, 0.25) is 10.0 Å². The van der Waals surface area contributed by atoms with Crippen molar-refractivity contribution in [3.63, 3.8) is 0 Å². The number of hydrogen-bond donors (Lipinski definition) is 2. The fraction of sp³-hybridized carbons (Fsp3) is 0.160. The zero-order chi connectivity index (χ0) is 26.5. The summed E-state index contributed by atoms with van der Waals surface area (Å²) in [6, 6.07) is 16.3. The van der Waals surface area contributed by atoms with E-state index in [2.05, 4.69) is 5.32 Å². The molecule has 0 fully saturated rings. The Kier molecular flexibility index (Phi) is 7.93. The van der Waals surface area contributed by atoms with E-state index in [0.29, 0.717) is 5.56 Å². The third-order valence-corrected chi connectivity index (χ3v) is 6.17. The number of ether oxygens (including phenoxy) is 2. The minimum atomic E-state index is -3.86. The van der Waals surface area contributed by atoms with Crippen molar-refractivity contribution in [2.24, 2.45) is 5.14 Å². The summed E-state index contributed by atoms with van der Waals surface area (Å²) in [6.07, 6.45) is 1.41. The molecule has 36 heavy (non-hydrogen) atoms. The Balaban J connectivity index is 1.69. The minimum absolute atomic E-state index is 0.109. The van der Waals surface area contributed by atoms with Gasteiger partial charge in [-0.3, -0.25) is 4.79 Å². The van der Waals surface area contributed by atoms with Gasteiger partial charge < -0.3 is 19.4 Å². The lowest BCUT2D eigenvalue weighted by molar-refractivity contribution is -0.142. The van der Waals surface area contributed by atoms with Crippen molar-refractivity contribution >= 4 is 33.7 Å². The quantitative estimate of drug-likeness (QED) is 0.269. The van der Waals surface area contributed by atoms with Crippen LogP contribution in [0.1, 0.15) is 17.0 Å². The van der Waals surface area contributed by atoms with Gasteiger partial charge in [0, 0.05) is 22.8 Å². The van der Waals surface area contributed by atoms with Gasteiger partial charge in [0.1, 0.15) is 17.4 Å². The maximum atomic E-state index is 12.4. The average molecular weight is 509 g/mol. The molecule has 0 atom stereocenters. The lowest BCUT2D eigenvalue weighted by Gasteiger charge is -2.10. The van der Waals surface area contributed by atoms with E-state index in [1.54, 1.807) is 7.11 Å². The van der Waals surface area contributed by atoms with Crippen molar-refractivity contribution in [1.29, 1.82) is 5.26 Å². The number of methoxy groups -OCH3 is 1. The van der Waals surface area contributed by atoms with E-state index < -0.39 is 28.5 Å². The zero-order valence-electron chi connectivity index (χ0n) is 19.8. The fourth-order valence-electron chi connectivity index (χ4n) is 3.49. The Morgan fingerprint density at radius 3 is 2.31 bits per heavy atom. The maximum Gasteiger partial charge on any atom is 0.349 e. The molecular formula is C25H24N4O6S. The third kappa shape index (κ3) is 6.18. The number of aromatic nitrogens is 1. The van der Waals surface area contributed by atoms with Crippen molar-refractivity contribution < 1.29 is 27.5 Å². The standard InChI is InChI=1S/C25H24N4O6S/c1-16-12-18(17(2)29(16)21-6-8-22(34-3)9-7-21)13-19(14-26)25(31)35-15-24(30)28-20-4-10-23(11-5-20)36(27,32)33/h4-13H,15H2,1-3H3,(H,28,30)(H2,27,32,33). The van der Waals surface area contributed by atoms with Crippen LogP contribution in [0.15, 0.2) is 65.1 Å². The van der Waals surface area contributed by atoms with Crippen LogP contribution in [-0.2, 0) is 24.3 Å². The van der Waals surface area contributed by atoms with E-state index in [1.165, 1.54) is 30.3 Å². The number of nitrogens with two attached hydrogens (primary N) is 1. The van der Waals surface area contributed by atoms with Crippen LogP contribution in [0.25, 0.3) is 11.8 Å². The molecule has 0 aliphatic rings. The zero-order valence-corrected chi connectivity index (χ0v) is 20.6. The molecule has 2 aromatic carbocycles. The predicted molar refractivity (Wildman–Crippen MR) is 133 cm³/mol. The number of nitrogens with one attached hydrogen (secondary N) is 1. The highest BCUT2D eigenvalue weighted by Gasteiger charge is 2.16. The van der Waals surface area contributed by atoms with Crippen LogP contribution >= 0.6 is 0 Å². The Bertz CT molecular complexity index is 1460. The number of sulfonamides is 1. The first-order valence-electron chi connectivity index (χ1n) is 10.6. The molecule has 0 saturated heterocycles. The number of nitrogens with zero attached hydrogens (tertiary/aromatic N) is 2. The number of aryl methyl sites for hydroxylation is 1. The van der Waals surface area contributed by atoms with Crippen molar-refractivity contribution in [1.82, 2.24) is 4.57 Å². The van der Waals surface area contributed by atoms with E-state index in [9.17, 15) is 23.3 Å². The molecule has 0 bridgehead atoms. The first-order valence-corrected chi connectivity index (χ1v) is 12.1. The van der Waals surface area contributed by atoms with E-state index in [4.69, 9.17) is 14.6 Å². The molecule has 0 radical (unpaired) electrons. The van der Waals surface area contributed by atoms with Gasteiger partial charge in [-0.15, -0.1) is 0 Å². The van der Waals surface area contributed by atoms with Gasteiger partial charge in [0.25, 0.3) is 5.91 Å². The van der Waals surface area contributed by atoms with Crippen molar-refractivity contribution in [3.8, 4) is 17.5 Å². The van der Waals surface area contributed by atoms with Gasteiger partial charge in [-0.25, -0.2) is 18.4 Å². The molecule has 0 aliphatic carbocycles. The van der Waals surface area contributed by atoms with Gasteiger partial charge in [-0.2, -0.15) is 5.26 Å². The first kappa shape index (κ1) is 26.2. The van der Waals surface area contributed by atoms with E-state index in [1.807, 2.05) is 54.8 Å². The van der Waals surface area contributed by atoms with E-state index >= 15 is 0 Å². The first-order chi connectivity index (χ1) is 17.0. The molecule has 11 heteroatoms. The number of amides is 1. The number of benzene rings is 2. The van der Waals surface area contributed by atoms with Gasteiger partial charge in [0.05, 0.1) is 12.0 Å². The smallest absolute Gasteiger partial charge is 0.349 e. The molecule has 0 aliphatic heterocycles. The monoisotopic (exact) mass is 508 g/mol. The maximum absolute atomic E-state index is 12.4. The lowest BCUT2D eigenvalue weighted by Crippen LogP contribution is -2.21. The van der Waals surface area contributed by atoms with E-state index in [-0.39, 0.29) is 16.2 Å². The topological polar surface area (TPSA) is 154 Å². The van der Waals surface area contributed by atoms with Crippen LogP contribution in [0.5, 0.6) is 5.75 Å². The van der Waals surface area contributed by atoms with Gasteiger partial charge >= 0.3 is 5.97 Å². The highest BCUT2D eigenvalue weighted by atomic mass is 32.2. The van der Waals surface area contributed by atoms with Crippen LogP contribution in [0.2, 0.25) is 0 Å². The number of rotatable bonds is 8. The molecule has 0 spiro atoms. The number of carbonyl (C=O) groups is 2. The predicted octanol–water partition coefficient (Wildman–Crippen LogP) is 2.84. The molecule has 10 nitrogen and oxygen atoms in total. The third-order valence-electron chi connectivity index (χ3n) is 5.24. The Hall–Kier alpha value is -4.40. The number of carbonyl (C=O) groups excluding carboxylic acids is 2. The summed E-state index contributed by atoms with van der Waals surface area (Å²) in [5.74, 6) is -0.895. The molecule has 1 aromatic heterocycles. The lowest BCUT2D eigenvalue weighted by atomic mass is 10.1. The van der Waals surface area contributed by atoms with Crippen molar-refractivity contribution in [3.05, 3.63) is 77.1 Å². The van der Waals surface area contributed by atoms with Crippen molar-refractivity contribution in [2.75, 3.05) is 19.0 Å². The molecule has 1 amide bonds. The van der Waals surface area contributed by atoms with Crippen LogP contribution < -0.4 is 15.2 Å². The summed E-state index contributed by atoms with van der Waals surface area (Å²) in [4.78, 5) is 24.5. The van der Waals surface area contributed by atoms with Gasteiger partial charge in [-0.05, 0) is 80.1 Å². The Morgan fingerprint density at radius 1 is 1.11 bits per heavy atom. The van der Waals surface area contributed by atoms with Crippen LogP contribution in [0, 0.1) is 25.2 Å². The molecule has 3 aromatic rings. The number of primary sulfonamides is 1. The summed E-state index contributed by atoms with van der Waals surface area (Å²) in [5, 5.41) is 17.0. The highest BCUT2D eigenvalue weighted by Crippen LogP contribution is 2.24. The average Bonchev–Trinajstić information content (AvgIpc) is 3.13. The summed E-state index contributed by atoms with van der Waals surface area (Å²) in [5.41, 5.74) is 3.25. The van der Waals surface area contributed by atoms with Gasteiger partial charge in [-0.1, -0.05) is 0 Å². The second kappa shape index (κ2) is 10.9. The highest BCUT2D eigenvalue weighted by molar-refractivity contribution is 7.89. The number of nitriles is 1. The van der Waals surface area contributed by atoms with Gasteiger partial charge in [0.15, 0.2) is 6.61 Å². The normalized spacial score (nSPS) is 11.5. The molecule has 186 valence electrons. The molecular weight excluding hydrogens is 484 g/mol. The molecule has 1 heterocycles. The van der Waals surface area contributed by atoms with Crippen molar-refractivity contribution in [2.45, 2.75) is 18.7 Å². The van der Waals surface area contributed by atoms with E-state index in [0.717, 1.165) is 22.8 Å². The SMILES string of the molecule is COc1ccc(-n2c(C)cc(C=C(C#N)C(=O)OCC(=O)Nc3ccc(S(N)(=O)=O)cc3)c2C)cc1. The minimum Gasteiger partial charge on any atom is -0.497 e. The fourth-order valence-corrected chi connectivity index (χ4v) is 4.00. The Morgan fingerprint density at radius 2 is 1.75 bits per heavy atom. The molecule has 3 N–H and O–H groups in total. The number of esters is 1. The Labute approximate surface area is 208 Å². The summed E-state index contributed by atoms with van der Waals surface area (Å²) < 4.78 is 34.8. The molecule has 3 rings (SSSR count). The molecule has 0 saturated carbocycles. The van der Waals surface area contributed by atoms with Crippen LogP contribution in [-0.4, -0.2) is 38.6 Å². The summed E-state index contributed by atoms with van der Waals surface area (Å²) in [7, 11) is -2.27. The summed E-state index contributed by atoms with van der Waals surface area (Å²) in [6.45, 7) is 3.12. The van der Waals surface area contributed by atoms with Crippen LogP contribution in [0.3, 0.4) is 0 Å². The molecule has 0 unspecified atom stereocenters. The number of hydrogen-bond acceptors (Lipinski definition) is 7. The largest absolute Gasteiger partial charge is 0.497 e. The second-order valence-corrected chi connectivity index (χ2v) is 9.28.